The summed E-state index contributed by atoms with van der Waals surface area (Å²) in [5, 5.41) is 0. The third-order valence-corrected chi connectivity index (χ3v) is 2.79. The smallest absolute Gasteiger partial charge is 0.122 e. The summed E-state index contributed by atoms with van der Waals surface area (Å²) < 4.78 is 5.47. The van der Waals surface area contributed by atoms with Crippen molar-refractivity contribution < 1.29 is 4.74 Å². The maximum Gasteiger partial charge on any atom is 0.122 e. The molecule has 0 atom stereocenters. The van der Waals surface area contributed by atoms with Crippen LogP contribution < -0.4 is 4.74 Å². The highest BCUT2D eigenvalue weighted by atomic mass is 16.5. The average Bonchev–Trinajstić information content (AvgIpc) is 2.64. The fourth-order valence-corrected chi connectivity index (χ4v) is 1.91. The van der Waals surface area contributed by atoms with E-state index < -0.39 is 0 Å². The van der Waals surface area contributed by atoms with Crippen molar-refractivity contribution in [2.45, 2.75) is 26.7 Å². The highest BCUT2D eigenvalue weighted by Gasteiger charge is 2.17. The molecule has 0 radical (unpaired) electrons. The van der Waals surface area contributed by atoms with Gasteiger partial charge in [-0.05, 0) is 37.5 Å². The Kier molecular flexibility index (Phi) is 2.44. The van der Waals surface area contributed by atoms with E-state index in [0.29, 0.717) is 0 Å². The van der Waals surface area contributed by atoms with Gasteiger partial charge >= 0.3 is 0 Å². The molecule has 0 N–H and O–H groups in total. The third kappa shape index (κ3) is 2.15. The van der Waals surface area contributed by atoms with E-state index in [1.807, 2.05) is 0 Å². The number of hydrogen-bond donors (Lipinski definition) is 0. The van der Waals surface area contributed by atoms with Gasteiger partial charge in [-0.15, -0.1) is 12.3 Å². The number of fused-ring (bicyclic) bond motifs is 1. The Bertz CT molecular complexity index is 410. The normalized spacial score (nSPS) is 14.2. The molecule has 0 aliphatic carbocycles. The quantitative estimate of drug-likeness (QED) is 0.667. The summed E-state index contributed by atoms with van der Waals surface area (Å²) in [5.74, 6) is 3.87. The summed E-state index contributed by atoms with van der Waals surface area (Å²) in [7, 11) is 0. The van der Waals surface area contributed by atoms with Crippen LogP contribution in [0.2, 0.25) is 0 Å². The molecule has 1 aliphatic rings. The van der Waals surface area contributed by atoms with Crippen molar-refractivity contribution in [3.05, 3.63) is 29.3 Å². The molecule has 0 fully saturated rings. The first kappa shape index (κ1) is 10.1. The second kappa shape index (κ2) is 3.62. The van der Waals surface area contributed by atoms with Crippen LogP contribution in [0.5, 0.6) is 5.75 Å². The van der Waals surface area contributed by atoms with Gasteiger partial charge in [0.05, 0.1) is 6.61 Å². The van der Waals surface area contributed by atoms with Gasteiger partial charge in [-0.25, -0.2) is 0 Å². The number of ether oxygens (including phenoxy) is 1. The Hall–Kier alpha value is -1.42. The summed E-state index contributed by atoms with van der Waals surface area (Å²) in [6.45, 7) is 5.00. The van der Waals surface area contributed by atoms with Gasteiger partial charge in [0.1, 0.15) is 5.75 Å². The average molecular weight is 200 g/mol. The van der Waals surface area contributed by atoms with Gasteiger partial charge in [-0.3, -0.25) is 0 Å². The minimum absolute atomic E-state index is 0.0618. The molecule has 1 aliphatic heterocycles. The number of rotatable bonds is 2. The highest BCUT2D eigenvalue weighted by Crippen LogP contribution is 2.28. The van der Waals surface area contributed by atoms with E-state index in [9.17, 15) is 0 Å². The Morgan fingerprint density at radius 1 is 1.47 bits per heavy atom. The van der Waals surface area contributed by atoms with E-state index in [1.54, 1.807) is 0 Å². The molecule has 1 aromatic rings. The number of terminal acetylenes is 1. The zero-order valence-corrected chi connectivity index (χ0v) is 9.34. The lowest BCUT2D eigenvalue weighted by atomic mass is 9.86. The van der Waals surface area contributed by atoms with Gasteiger partial charge in [0.25, 0.3) is 0 Å². The van der Waals surface area contributed by atoms with E-state index in [4.69, 9.17) is 11.2 Å². The Labute approximate surface area is 91.5 Å². The molecule has 0 amide bonds. The molecule has 1 heterocycles. The van der Waals surface area contributed by atoms with Crippen LogP contribution in [-0.2, 0) is 12.8 Å². The first-order chi connectivity index (χ1) is 7.11. The molecule has 0 bridgehead atoms. The number of benzene rings is 1. The summed E-state index contributed by atoms with van der Waals surface area (Å²) in [6.07, 6.45) is 7.45. The topological polar surface area (TPSA) is 9.23 Å². The predicted octanol–water partition coefficient (Wildman–Crippen LogP) is 2.82. The highest BCUT2D eigenvalue weighted by molar-refractivity contribution is 5.40. The Balaban J connectivity index is 2.21. The van der Waals surface area contributed by atoms with Crippen molar-refractivity contribution in [3.63, 3.8) is 0 Å². The van der Waals surface area contributed by atoms with Gasteiger partial charge in [0.2, 0.25) is 0 Å². The molecule has 1 heteroatoms. The van der Waals surface area contributed by atoms with E-state index in [0.717, 1.165) is 25.2 Å². The van der Waals surface area contributed by atoms with Gasteiger partial charge < -0.3 is 4.74 Å². The fourth-order valence-electron chi connectivity index (χ4n) is 1.91. The SMILES string of the molecule is C#CC(C)(C)Cc1ccc2c(c1)CCO2. The molecule has 0 unspecified atom stereocenters. The van der Waals surface area contributed by atoms with Crippen molar-refractivity contribution in [1.29, 1.82) is 0 Å². The lowest BCUT2D eigenvalue weighted by Crippen LogP contribution is -2.11. The summed E-state index contributed by atoms with van der Waals surface area (Å²) in [5.41, 5.74) is 2.57. The van der Waals surface area contributed by atoms with Gasteiger partial charge in [0.15, 0.2) is 0 Å². The second-order valence-corrected chi connectivity index (χ2v) is 4.75. The molecule has 1 aromatic carbocycles. The van der Waals surface area contributed by atoms with E-state index >= 15 is 0 Å². The molecule has 15 heavy (non-hydrogen) atoms. The van der Waals surface area contributed by atoms with Crippen molar-refractivity contribution in [2.24, 2.45) is 5.41 Å². The molecule has 0 aromatic heterocycles. The molecular formula is C14H16O. The summed E-state index contributed by atoms with van der Waals surface area (Å²) in [6, 6.07) is 6.40. The van der Waals surface area contributed by atoms with E-state index in [-0.39, 0.29) is 5.41 Å². The fraction of sp³-hybridized carbons (Fsp3) is 0.429. The summed E-state index contributed by atoms with van der Waals surface area (Å²) >= 11 is 0. The molecule has 78 valence electrons. The van der Waals surface area contributed by atoms with Crippen molar-refractivity contribution in [3.8, 4) is 18.1 Å². The van der Waals surface area contributed by atoms with E-state index in [2.05, 4.69) is 38.0 Å². The first-order valence-electron chi connectivity index (χ1n) is 5.33. The molecule has 2 rings (SSSR count). The third-order valence-electron chi connectivity index (χ3n) is 2.79. The monoisotopic (exact) mass is 200 g/mol. The first-order valence-corrected chi connectivity index (χ1v) is 5.33. The van der Waals surface area contributed by atoms with Crippen LogP contribution in [0.3, 0.4) is 0 Å². The minimum Gasteiger partial charge on any atom is -0.493 e. The van der Waals surface area contributed by atoms with Crippen LogP contribution in [0.4, 0.5) is 0 Å². The van der Waals surface area contributed by atoms with Gasteiger partial charge in [-0.1, -0.05) is 12.1 Å². The van der Waals surface area contributed by atoms with Crippen LogP contribution in [0.25, 0.3) is 0 Å². The lowest BCUT2D eigenvalue weighted by Gasteiger charge is -2.17. The molecule has 0 saturated carbocycles. The Morgan fingerprint density at radius 3 is 3.00 bits per heavy atom. The van der Waals surface area contributed by atoms with Crippen LogP contribution in [0.1, 0.15) is 25.0 Å². The largest absolute Gasteiger partial charge is 0.493 e. The second-order valence-electron chi connectivity index (χ2n) is 4.75. The van der Waals surface area contributed by atoms with Crippen LogP contribution >= 0.6 is 0 Å². The zero-order chi connectivity index (χ0) is 10.9. The van der Waals surface area contributed by atoms with Crippen LogP contribution in [-0.4, -0.2) is 6.61 Å². The van der Waals surface area contributed by atoms with Gasteiger partial charge in [-0.2, -0.15) is 0 Å². The number of hydrogen-bond acceptors (Lipinski definition) is 1. The Morgan fingerprint density at radius 2 is 2.27 bits per heavy atom. The zero-order valence-electron chi connectivity index (χ0n) is 9.34. The predicted molar refractivity (Wildman–Crippen MR) is 62.0 cm³/mol. The molecular weight excluding hydrogens is 184 g/mol. The maximum absolute atomic E-state index is 5.49. The van der Waals surface area contributed by atoms with Gasteiger partial charge in [0, 0.05) is 11.8 Å². The van der Waals surface area contributed by atoms with Crippen LogP contribution in [0.15, 0.2) is 18.2 Å². The molecule has 0 spiro atoms. The van der Waals surface area contributed by atoms with Crippen molar-refractivity contribution >= 4 is 0 Å². The standard InChI is InChI=1S/C14H16O/c1-4-14(2,3)10-11-5-6-13-12(9-11)7-8-15-13/h1,5-6,9H,7-8,10H2,2-3H3. The minimum atomic E-state index is -0.0618. The van der Waals surface area contributed by atoms with E-state index in [1.165, 1.54) is 11.1 Å². The molecule has 0 saturated heterocycles. The van der Waals surface area contributed by atoms with Crippen molar-refractivity contribution in [1.82, 2.24) is 0 Å². The van der Waals surface area contributed by atoms with Crippen LogP contribution in [0, 0.1) is 17.8 Å². The summed E-state index contributed by atoms with van der Waals surface area (Å²) in [4.78, 5) is 0. The maximum atomic E-state index is 5.49. The molecule has 1 nitrogen and oxygen atoms in total. The van der Waals surface area contributed by atoms with Crippen molar-refractivity contribution in [2.75, 3.05) is 6.61 Å². The lowest BCUT2D eigenvalue weighted by molar-refractivity contribution is 0.356.